The lowest BCUT2D eigenvalue weighted by Crippen LogP contribution is -2.49. The molecular weight excluding hydrogens is 246 g/mol. The molecule has 0 bridgehead atoms. The van der Waals surface area contributed by atoms with Gasteiger partial charge in [0.05, 0.1) is 12.6 Å². The molecule has 1 unspecified atom stereocenters. The average molecular weight is 269 g/mol. The van der Waals surface area contributed by atoms with E-state index in [1.54, 1.807) is 0 Å². The van der Waals surface area contributed by atoms with Gasteiger partial charge in [-0.1, -0.05) is 19.3 Å². The standard InChI is InChI=1S/C13H23N3O3/c1-2-19-10(8-14)9-16-11(17)13(15-12(16)18)6-4-3-5-7-13/h10H,2-9,14H2,1H3,(H,15,18). The Morgan fingerprint density at radius 2 is 2.05 bits per heavy atom. The van der Waals surface area contributed by atoms with E-state index in [2.05, 4.69) is 5.32 Å². The first-order chi connectivity index (χ1) is 9.13. The Morgan fingerprint density at radius 1 is 1.37 bits per heavy atom. The van der Waals surface area contributed by atoms with E-state index in [1.165, 1.54) is 4.90 Å². The van der Waals surface area contributed by atoms with Gasteiger partial charge >= 0.3 is 6.03 Å². The van der Waals surface area contributed by atoms with Gasteiger partial charge in [-0.2, -0.15) is 0 Å². The molecule has 0 aromatic carbocycles. The second-order valence-electron chi connectivity index (χ2n) is 5.30. The van der Waals surface area contributed by atoms with Gasteiger partial charge in [0.2, 0.25) is 0 Å². The van der Waals surface area contributed by atoms with Crippen LogP contribution >= 0.6 is 0 Å². The summed E-state index contributed by atoms with van der Waals surface area (Å²) in [6, 6.07) is -0.301. The first kappa shape index (κ1) is 14.3. The smallest absolute Gasteiger partial charge is 0.325 e. The molecule has 1 saturated carbocycles. The number of ether oxygens (including phenoxy) is 1. The normalized spacial score (nSPS) is 23.8. The lowest BCUT2D eigenvalue weighted by molar-refractivity contribution is -0.133. The molecule has 1 heterocycles. The van der Waals surface area contributed by atoms with E-state index in [4.69, 9.17) is 10.5 Å². The van der Waals surface area contributed by atoms with Gasteiger partial charge in [0.1, 0.15) is 5.54 Å². The van der Waals surface area contributed by atoms with Gasteiger partial charge in [-0.15, -0.1) is 0 Å². The Labute approximate surface area is 113 Å². The van der Waals surface area contributed by atoms with Crippen molar-refractivity contribution < 1.29 is 14.3 Å². The van der Waals surface area contributed by atoms with Crippen LogP contribution in [0, 0.1) is 0 Å². The van der Waals surface area contributed by atoms with Crippen molar-refractivity contribution >= 4 is 11.9 Å². The van der Waals surface area contributed by atoms with Crippen molar-refractivity contribution in [2.45, 2.75) is 50.7 Å². The van der Waals surface area contributed by atoms with Gasteiger partial charge in [0.25, 0.3) is 5.91 Å². The topological polar surface area (TPSA) is 84.7 Å². The van der Waals surface area contributed by atoms with E-state index in [-0.39, 0.29) is 24.6 Å². The summed E-state index contributed by atoms with van der Waals surface area (Å²) in [7, 11) is 0. The maximum Gasteiger partial charge on any atom is 0.325 e. The van der Waals surface area contributed by atoms with Gasteiger partial charge in [-0.25, -0.2) is 4.79 Å². The number of carbonyl (C=O) groups is 2. The highest BCUT2D eigenvalue weighted by molar-refractivity contribution is 6.07. The molecule has 19 heavy (non-hydrogen) atoms. The molecular formula is C13H23N3O3. The number of imide groups is 1. The molecule has 0 aromatic rings. The van der Waals surface area contributed by atoms with Crippen LogP contribution in [-0.2, 0) is 9.53 Å². The molecule has 108 valence electrons. The Balaban J connectivity index is 2.05. The van der Waals surface area contributed by atoms with Crippen molar-refractivity contribution in [3.8, 4) is 0 Å². The molecule has 3 amide bonds. The minimum Gasteiger partial charge on any atom is -0.375 e. The number of rotatable bonds is 5. The molecule has 0 aromatic heterocycles. The second kappa shape index (κ2) is 5.88. The summed E-state index contributed by atoms with van der Waals surface area (Å²) >= 11 is 0. The number of urea groups is 1. The van der Waals surface area contributed by atoms with E-state index < -0.39 is 5.54 Å². The third kappa shape index (κ3) is 2.74. The minimum atomic E-state index is -0.652. The highest BCUT2D eigenvalue weighted by Crippen LogP contribution is 2.33. The molecule has 6 nitrogen and oxygen atoms in total. The summed E-state index contributed by atoms with van der Waals surface area (Å²) in [5.41, 5.74) is 4.95. The Morgan fingerprint density at radius 3 is 2.63 bits per heavy atom. The van der Waals surface area contributed by atoms with Crippen molar-refractivity contribution in [3.63, 3.8) is 0 Å². The van der Waals surface area contributed by atoms with E-state index in [0.29, 0.717) is 13.2 Å². The maximum absolute atomic E-state index is 12.5. The SMILES string of the molecule is CCOC(CN)CN1C(=O)NC2(CCCCC2)C1=O. The highest BCUT2D eigenvalue weighted by atomic mass is 16.5. The van der Waals surface area contributed by atoms with Gasteiger partial charge in [-0.05, 0) is 19.8 Å². The van der Waals surface area contributed by atoms with Crippen molar-refractivity contribution in [2.24, 2.45) is 5.73 Å². The lowest BCUT2D eigenvalue weighted by Gasteiger charge is -2.30. The predicted octanol–water partition coefficient (Wildman–Crippen LogP) is 0.605. The van der Waals surface area contributed by atoms with E-state index in [0.717, 1.165) is 32.1 Å². The van der Waals surface area contributed by atoms with Crippen LogP contribution < -0.4 is 11.1 Å². The van der Waals surface area contributed by atoms with Crippen molar-refractivity contribution in [2.75, 3.05) is 19.7 Å². The van der Waals surface area contributed by atoms with Crippen LogP contribution in [0.25, 0.3) is 0 Å². The number of nitrogens with one attached hydrogen (secondary N) is 1. The molecule has 1 saturated heterocycles. The van der Waals surface area contributed by atoms with Crippen LogP contribution in [-0.4, -0.2) is 48.2 Å². The van der Waals surface area contributed by atoms with Gasteiger partial charge in [0.15, 0.2) is 0 Å². The molecule has 0 radical (unpaired) electrons. The zero-order chi connectivity index (χ0) is 13.9. The van der Waals surface area contributed by atoms with Gasteiger partial charge in [0, 0.05) is 13.2 Å². The first-order valence-corrected chi connectivity index (χ1v) is 7.09. The molecule has 1 atom stereocenters. The molecule has 3 N–H and O–H groups in total. The minimum absolute atomic E-state index is 0.102. The Bertz CT molecular complexity index is 353. The zero-order valence-corrected chi connectivity index (χ0v) is 11.5. The predicted molar refractivity (Wildman–Crippen MR) is 70.5 cm³/mol. The van der Waals surface area contributed by atoms with Crippen LogP contribution in [0.1, 0.15) is 39.0 Å². The van der Waals surface area contributed by atoms with Crippen LogP contribution in [0.3, 0.4) is 0 Å². The number of amides is 3. The third-order valence-corrected chi connectivity index (χ3v) is 4.00. The zero-order valence-electron chi connectivity index (χ0n) is 11.5. The quantitative estimate of drug-likeness (QED) is 0.716. The molecule has 1 spiro atoms. The maximum atomic E-state index is 12.5. The van der Waals surface area contributed by atoms with E-state index in [9.17, 15) is 9.59 Å². The molecule has 6 heteroatoms. The van der Waals surface area contributed by atoms with Crippen molar-refractivity contribution in [3.05, 3.63) is 0 Å². The summed E-state index contributed by atoms with van der Waals surface area (Å²) in [5.74, 6) is -0.102. The second-order valence-corrected chi connectivity index (χ2v) is 5.30. The summed E-state index contributed by atoms with van der Waals surface area (Å²) in [6.45, 7) is 2.95. The molecule has 2 aliphatic rings. The fourth-order valence-corrected chi connectivity index (χ4v) is 2.97. The molecule has 1 aliphatic carbocycles. The monoisotopic (exact) mass is 269 g/mol. The summed E-state index contributed by atoms with van der Waals surface area (Å²) in [4.78, 5) is 25.8. The molecule has 1 aliphatic heterocycles. The van der Waals surface area contributed by atoms with Crippen molar-refractivity contribution in [1.82, 2.24) is 10.2 Å². The van der Waals surface area contributed by atoms with Gasteiger partial charge < -0.3 is 15.8 Å². The van der Waals surface area contributed by atoms with E-state index in [1.807, 2.05) is 6.92 Å². The number of nitrogens with two attached hydrogens (primary N) is 1. The largest absolute Gasteiger partial charge is 0.375 e. The number of nitrogens with zero attached hydrogens (tertiary/aromatic N) is 1. The molecule has 2 rings (SSSR count). The van der Waals surface area contributed by atoms with Gasteiger partial charge in [-0.3, -0.25) is 9.69 Å². The Hall–Kier alpha value is -1.14. The average Bonchev–Trinajstić information content (AvgIpc) is 2.63. The molecule has 2 fully saturated rings. The third-order valence-electron chi connectivity index (χ3n) is 4.00. The number of hydrogen-bond acceptors (Lipinski definition) is 4. The number of carbonyl (C=O) groups excluding carboxylic acids is 2. The fraction of sp³-hybridized carbons (Fsp3) is 0.846. The summed E-state index contributed by atoms with van der Waals surface area (Å²) < 4.78 is 5.43. The van der Waals surface area contributed by atoms with Crippen LogP contribution in [0.5, 0.6) is 0 Å². The lowest BCUT2D eigenvalue weighted by atomic mass is 9.82. The first-order valence-electron chi connectivity index (χ1n) is 7.09. The van der Waals surface area contributed by atoms with E-state index >= 15 is 0 Å². The highest BCUT2D eigenvalue weighted by Gasteiger charge is 2.51. The van der Waals surface area contributed by atoms with Crippen molar-refractivity contribution in [1.29, 1.82) is 0 Å². The van der Waals surface area contributed by atoms with Crippen LogP contribution in [0.2, 0.25) is 0 Å². The Kier molecular flexibility index (Phi) is 4.42. The fourth-order valence-electron chi connectivity index (χ4n) is 2.97. The number of hydrogen-bond donors (Lipinski definition) is 2. The summed E-state index contributed by atoms with van der Waals surface area (Å²) in [6.07, 6.45) is 4.33. The van der Waals surface area contributed by atoms with Crippen LogP contribution in [0.4, 0.5) is 4.79 Å². The summed E-state index contributed by atoms with van der Waals surface area (Å²) in [5, 5.41) is 2.88. The van der Waals surface area contributed by atoms with Crippen LogP contribution in [0.15, 0.2) is 0 Å².